The van der Waals surface area contributed by atoms with E-state index in [4.69, 9.17) is 14.2 Å². The molecule has 0 spiro atoms. The highest BCUT2D eigenvalue weighted by Gasteiger charge is 2.21. The molecule has 4 rings (SSSR count). The summed E-state index contributed by atoms with van der Waals surface area (Å²) in [5, 5.41) is 16.6. The van der Waals surface area contributed by atoms with Gasteiger partial charge in [0.2, 0.25) is 6.79 Å². The predicted molar refractivity (Wildman–Crippen MR) is 124 cm³/mol. The summed E-state index contributed by atoms with van der Waals surface area (Å²) in [6, 6.07) is 14.4. The molecule has 1 aliphatic rings. The topological polar surface area (TPSA) is 146 Å². The Morgan fingerprint density at radius 2 is 1.69 bits per heavy atom. The number of benzene rings is 3. The fraction of sp³-hybridized carbons (Fsp3) is 0.125. The molecule has 0 radical (unpaired) electrons. The van der Waals surface area contributed by atoms with Crippen LogP contribution in [0.2, 0.25) is 0 Å². The van der Waals surface area contributed by atoms with E-state index in [0.29, 0.717) is 17.2 Å². The van der Waals surface area contributed by atoms with Crippen molar-refractivity contribution in [2.45, 2.75) is 6.92 Å². The van der Waals surface area contributed by atoms with Crippen LogP contribution in [0.15, 0.2) is 60.7 Å². The fourth-order valence-electron chi connectivity index (χ4n) is 3.34. The van der Waals surface area contributed by atoms with Gasteiger partial charge in [0.15, 0.2) is 11.5 Å². The number of nitrogens with one attached hydrogen (secondary N) is 2. The lowest BCUT2D eigenvalue weighted by Crippen LogP contribution is -2.19. The van der Waals surface area contributed by atoms with Crippen LogP contribution in [-0.2, 0) is 4.74 Å². The molecule has 1 aliphatic heterocycles. The summed E-state index contributed by atoms with van der Waals surface area (Å²) in [5.74, 6) is -0.996. The Hall–Kier alpha value is -4.93. The molecular weight excluding hydrogens is 458 g/mol. The molecule has 11 nitrogen and oxygen atoms in total. The van der Waals surface area contributed by atoms with Gasteiger partial charge in [-0.3, -0.25) is 19.7 Å². The number of non-ortho nitro benzene ring substituents is 1. The zero-order chi connectivity index (χ0) is 24.9. The summed E-state index contributed by atoms with van der Waals surface area (Å²) < 4.78 is 15.5. The SMILES string of the molecule is CCOC(=O)c1cc(C(=O)Nc2ccccc2C(=O)Nc2ccc3c(c2)OCO3)cc([N+](=O)[O-])c1. The number of fused-ring (bicyclic) bond motifs is 1. The number of amides is 2. The van der Waals surface area contributed by atoms with Gasteiger partial charge >= 0.3 is 5.97 Å². The van der Waals surface area contributed by atoms with Crippen LogP contribution in [0.5, 0.6) is 11.5 Å². The maximum absolute atomic E-state index is 12.9. The zero-order valence-electron chi connectivity index (χ0n) is 18.4. The van der Waals surface area contributed by atoms with Crippen LogP contribution >= 0.6 is 0 Å². The molecule has 2 amide bonds. The van der Waals surface area contributed by atoms with Gasteiger partial charge in [-0.05, 0) is 37.3 Å². The van der Waals surface area contributed by atoms with Crippen molar-refractivity contribution in [2.24, 2.45) is 0 Å². The van der Waals surface area contributed by atoms with Crippen LogP contribution in [0.3, 0.4) is 0 Å². The van der Waals surface area contributed by atoms with Crippen molar-refractivity contribution in [1.29, 1.82) is 0 Å². The minimum atomic E-state index is -0.797. The number of nitro benzene ring substituents is 1. The molecule has 35 heavy (non-hydrogen) atoms. The van der Waals surface area contributed by atoms with E-state index in [0.717, 1.165) is 12.1 Å². The lowest BCUT2D eigenvalue weighted by Gasteiger charge is -2.12. The fourth-order valence-corrected chi connectivity index (χ4v) is 3.34. The highest BCUT2D eigenvalue weighted by molar-refractivity contribution is 6.13. The average Bonchev–Trinajstić information content (AvgIpc) is 3.32. The number of hydrogen-bond acceptors (Lipinski definition) is 8. The van der Waals surface area contributed by atoms with Crippen LogP contribution in [0.4, 0.5) is 17.1 Å². The van der Waals surface area contributed by atoms with Gasteiger partial charge in [0, 0.05) is 29.4 Å². The van der Waals surface area contributed by atoms with E-state index in [9.17, 15) is 24.5 Å². The monoisotopic (exact) mass is 477 g/mol. The minimum absolute atomic E-state index is 0.0644. The van der Waals surface area contributed by atoms with E-state index in [-0.39, 0.29) is 35.8 Å². The Morgan fingerprint density at radius 3 is 2.46 bits per heavy atom. The standard InChI is InChI=1S/C24H19N3O8/c1-2-33-24(30)15-9-14(10-17(11-15)27(31)32)22(28)26-19-6-4-3-5-18(19)23(29)25-16-7-8-20-21(12-16)35-13-34-20/h3-12H,2,13H2,1H3,(H,25,29)(H,26,28). The Morgan fingerprint density at radius 1 is 0.943 bits per heavy atom. The van der Waals surface area contributed by atoms with Gasteiger partial charge in [0.05, 0.1) is 28.3 Å². The molecule has 178 valence electrons. The summed E-state index contributed by atoms with van der Waals surface area (Å²) in [5.41, 5.74) is 0.0375. The second-order valence-corrected chi connectivity index (χ2v) is 7.27. The van der Waals surface area contributed by atoms with Crippen LogP contribution in [0, 0.1) is 10.1 Å². The average molecular weight is 477 g/mol. The summed E-state index contributed by atoms with van der Waals surface area (Å²) in [7, 11) is 0. The largest absolute Gasteiger partial charge is 0.462 e. The maximum atomic E-state index is 12.9. The molecule has 0 aromatic heterocycles. The minimum Gasteiger partial charge on any atom is -0.462 e. The number of anilines is 2. The van der Waals surface area contributed by atoms with Gasteiger partial charge in [0.25, 0.3) is 17.5 Å². The number of nitrogens with zero attached hydrogens (tertiary/aromatic N) is 1. The quantitative estimate of drug-likeness (QED) is 0.295. The Kier molecular flexibility index (Phi) is 6.58. The number of rotatable bonds is 7. The molecule has 0 fully saturated rings. The number of para-hydroxylation sites is 1. The van der Waals surface area contributed by atoms with Crippen LogP contribution in [-0.4, -0.2) is 36.1 Å². The van der Waals surface area contributed by atoms with Crippen molar-refractivity contribution in [2.75, 3.05) is 24.0 Å². The smallest absolute Gasteiger partial charge is 0.338 e. The molecule has 0 aliphatic carbocycles. The number of esters is 1. The Labute approximate surface area is 198 Å². The summed E-state index contributed by atoms with van der Waals surface area (Å²) in [6.45, 7) is 1.75. The van der Waals surface area contributed by atoms with Crippen molar-refractivity contribution >= 4 is 34.8 Å². The highest BCUT2D eigenvalue weighted by atomic mass is 16.7. The first-order chi connectivity index (χ1) is 16.9. The third kappa shape index (κ3) is 5.19. The molecule has 0 saturated carbocycles. The van der Waals surface area contributed by atoms with Crippen molar-refractivity contribution < 1.29 is 33.5 Å². The molecule has 0 atom stereocenters. The lowest BCUT2D eigenvalue weighted by atomic mass is 10.1. The van der Waals surface area contributed by atoms with Gasteiger partial charge < -0.3 is 24.8 Å². The van der Waals surface area contributed by atoms with Gasteiger partial charge in [-0.2, -0.15) is 0 Å². The molecule has 1 heterocycles. The first kappa shape index (κ1) is 23.2. The summed E-state index contributed by atoms with van der Waals surface area (Å²) >= 11 is 0. The molecular formula is C24H19N3O8. The van der Waals surface area contributed by atoms with E-state index >= 15 is 0 Å². The highest BCUT2D eigenvalue weighted by Crippen LogP contribution is 2.34. The molecule has 2 N–H and O–H groups in total. The van der Waals surface area contributed by atoms with Crippen LogP contribution in [0.1, 0.15) is 38.0 Å². The van der Waals surface area contributed by atoms with Crippen molar-refractivity contribution in [3.8, 4) is 11.5 Å². The number of carbonyl (C=O) groups is 3. The Bertz CT molecular complexity index is 1340. The van der Waals surface area contributed by atoms with E-state index in [1.54, 1.807) is 37.3 Å². The van der Waals surface area contributed by atoms with Gasteiger partial charge in [-0.15, -0.1) is 0 Å². The van der Waals surface area contributed by atoms with Crippen LogP contribution in [0.25, 0.3) is 0 Å². The molecule has 0 bridgehead atoms. The van der Waals surface area contributed by atoms with E-state index in [1.807, 2.05) is 0 Å². The molecule has 0 saturated heterocycles. The van der Waals surface area contributed by atoms with Crippen molar-refractivity contribution in [3.05, 3.63) is 87.5 Å². The van der Waals surface area contributed by atoms with E-state index in [1.165, 1.54) is 18.2 Å². The van der Waals surface area contributed by atoms with E-state index < -0.39 is 28.4 Å². The summed E-state index contributed by atoms with van der Waals surface area (Å²) in [6.07, 6.45) is 0. The van der Waals surface area contributed by atoms with Crippen molar-refractivity contribution in [3.63, 3.8) is 0 Å². The van der Waals surface area contributed by atoms with Crippen molar-refractivity contribution in [1.82, 2.24) is 0 Å². The third-order valence-electron chi connectivity index (χ3n) is 4.95. The number of carbonyl (C=O) groups excluding carboxylic acids is 3. The number of hydrogen-bond donors (Lipinski definition) is 2. The summed E-state index contributed by atoms with van der Waals surface area (Å²) in [4.78, 5) is 48.5. The molecule has 3 aromatic carbocycles. The first-order valence-electron chi connectivity index (χ1n) is 10.4. The van der Waals surface area contributed by atoms with Gasteiger partial charge in [0.1, 0.15) is 0 Å². The second-order valence-electron chi connectivity index (χ2n) is 7.27. The second kappa shape index (κ2) is 9.91. The normalized spacial score (nSPS) is 11.5. The lowest BCUT2D eigenvalue weighted by molar-refractivity contribution is -0.384. The predicted octanol–water partition coefficient (Wildman–Crippen LogP) is 4.00. The third-order valence-corrected chi connectivity index (χ3v) is 4.95. The maximum Gasteiger partial charge on any atom is 0.338 e. The number of nitro groups is 1. The zero-order valence-corrected chi connectivity index (χ0v) is 18.4. The Balaban J connectivity index is 1.57. The molecule has 11 heteroatoms. The van der Waals surface area contributed by atoms with Gasteiger partial charge in [-0.1, -0.05) is 12.1 Å². The van der Waals surface area contributed by atoms with Gasteiger partial charge in [-0.25, -0.2) is 4.79 Å². The number of ether oxygens (including phenoxy) is 3. The first-order valence-corrected chi connectivity index (χ1v) is 10.4. The van der Waals surface area contributed by atoms with E-state index in [2.05, 4.69) is 10.6 Å². The molecule has 3 aromatic rings. The van der Waals surface area contributed by atoms with Crippen LogP contribution < -0.4 is 20.1 Å². The molecule has 0 unspecified atom stereocenters.